The molecule has 16 heavy (non-hydrogen) atoms. The number of nitrogens with one attached hydrogen (secondary N) is 1. The Labute approximate surface area is 104 Å². The van der Waals surface area contributed by atoms with Crippen molar-refractivity contribution in [1.82, 2.24) is 0 Å². The minimum Gasteiger partial charge on any atom is -0.396 e. The number of carbonyl (C=O) groups is 1. The Morgan fingerprint density at radius 1 is 1.44 bits per heavy atom. The fourth-order valence-corrected chi connectivity index (χ4v) is 1.69. The van der Waals surface area contributed by atoms with Crippen molar-refractivity contribution in [3.05, 3.63) is 28.2 Å². The van der Waals surface area contributed by atoms with Crippen LogP contribution in [-0.4, -0.2) is 17.6 Å². The van der Waals surface area contributed by atoms with Crippen LogP contribution in [0.25, 0.3) is 0 Å². The van der Waals surface area contributed by atoms with E-state index in [9.17, 15) is 4.79 Å². The average molecular weight is 286 g/mol. The third-order valence-corrected chi connectivity index (χ3v) is 2.90. The number of aliphatic hydroxyl groups is 1. The zero-order valence-electron chi connectivity index (χ0n) is 9.29. The highest BCUT2D eigenvalue weighted by atomic mass is 79.9. The predicted molar refractivity (Wildman–Crippen MR) is 68.4 cm³/mol. The molecule has 0 radical (unpaired) electrons. The van der Waals surface area contributed by atoms with Crippen molar-refractivity contribution in [3.63, 3.8) is 0 Å². The molecule has 1 aromatic carbocycles. The van der Waals surface area contributed by atoms with E-state index >= 15 is 0 Å². The van der Waals surface area contributed by atoms with E-state index in [1.165, 1.54) is 0 Å². The van der Waals surface area contributed by atoms with Gasteiger partial charge in [0.05, 0.1) is 5.69 Å². The molecule has 0 aromatic heterocycles. The van der Waals surface area contributed by atoms with Crippen LogP contribution in [0.15, 0.2) is 22.7 Å². The van der Waals surface area contributed by atoms with E-state index in [2.05, 4.69) is 21.2 Å². The molecule has 1 aromatic rings. The second-order valence-corrected chi connectivity index (χ2v) is 4.57. The Hall–Kier alpha value is -0.870. The fourth-order valence-electron chi connectivity index (χ4n) is 1.34. The van der Waals surface area contributed by atoms with Crippen LogP contribution in [0, 0.1) is 6.92 Å². The molecule has 0 heterocycles. The molecule has 4 heteroatoms. The number of unbranched alkanes of at least 4 members (excludes halogenated alkanes) is 1. The van der Waals surface area contributed by atoms with Gasteiger partial charge in [-0.2, -0.15) is 0 Å². The largest absolute Gasteiger partial charge is 0.396 e. The normalized spacial score (nSPS) is 10.2. The summed E-state index contributed by atoms with van der Waals surface area (Å²) >= 11 is 3.39. The lowest BCUT2D eigenvalue weighted by atomic mass is 10.2. The number of aryl methyl sites for hydroxylation is 1. The lowest BCUT2D eigenvalue weighted by molar-refractivity contribution is -0.116. The van der Waals surface area contributed by atoms with Crippen LogP contribution in [0.3, 0.4) is 0 Å². The summed E-state index contributed by atoms with van der Waals surface area (Å²) in [5.41, 5.74) is 1.91. The highest BCUT2D eigenvalue weighted by Crippen LogP contribution is 2.23. The van der Waals surface area contributed by atoms with Gasteiger partial charge < -0.3 is 10.4 Å². The summed E-state index contributed by atoms with van der Waals surface area (Å²) in [6.45, 7) is 2.12. The Bertz CT molecular complexity index is 366. The highest BCUT2D eigenvalue weighted by molar-refractivity contribution is 9.10. The van der Waals surface area contributed by atoms with Crippen LogP contribution in [0.5, 0.6) is 0 Å². The average Bonchev–Trinajstić information content (AvgIpc) is 2.24. The van der Waals surface area contributed by atoms with Crippen molar-refractivity contribution in [2.24, 2.45) is 0 Å². The number of carbonyl (C=O) groups excluding carboxylic acids is 1. The lowest BCUT2D eigenvalue weighted by Gasteiger charge is -2.08. The molecule has 2 N–H and O–H groups in total. The minimum absolute atomic E-state index is 0.0141. The number of halogens is 1. The van der Waals surface area contributed by atoms with Gasteiger partial charge in [-0.3, -0.25) is 4.79 Å². The summed E-state index contributed by atoms with van der Waals surface area (Å²) in [5, 5.41) is 11.5. The number of anilines is 1. The molecular formula is C12H16BrNO2. The molecule has 0 unspecified atom stereocenters. The molecule has 0 saturated carbocycles. The third kappa shape index (κ3) is 4.33. The monoisotopic (exact) mass is 285 g/mol. The zero-order chi connectivity index (χ0) is 12.0. The van der Waals surface area contributed by atoms with Gasteiger partial charge in [-0.05, 0) is 53.4 Å². The number of rotatable bonds is 5. The van der Waals surface area contributed by atoms with Crippen LogP contribution < -0.4 is 5.32 Å². The molecule has 88 valence electrons. The molecule has 0 aliphatic rings. The Balaban J connectivity index is 2.52. The van der Waals surface area contributed by atoms with Gasteiger partial charge in [-0.25, -0.2) is 0 Å². The molecule has 0 fully saturated rings. The molecule has 1 rings (SSSR count). The topological polar surface area (TPSA) is 49.3 Å². The summed E-state index contributed by atoms with van der Waals surface area (Å²) in [4.78, 5) is 11.5. The van der Waals surface area contributed by atoms with E-state index < -0.39 is 0 Å². The van der Waals surface area contributed by atoms with Gasteiger partial charge >= 0.3 is 0 Å². The molecule has 3 nitrogen and oxygen atoms in total. The van der Waals surface area contributed by atoms with Crippen LogP contribution in [0.1, 0.15) is 24.8 Å². The van der Waals surface area contributed by atoms with Gasteiger partial charge in [0.25, 0.3) is 0 Å². The fraction of sp³-hybridized carbons (Fsp3) is 0.417. The maximum absolute atomic E-state index is 11.5. The van der Waals surface area contributed by atoms with Gasteiger partial charge in [0, 0.05) is 17.5 Å². The predicted octanol–water partition coefficient (Wildman–Crippen LogP) is 2.86. The standard InChI is InChI=1S/C12H16BrNO2/c1-9-5-6-10(13)11(8-9)14-12(16)4-2-3-7-15/h5-6,8,15H,2-4,7H2,1H3,(H,14,16). The maximum Gasteiger partial charge on any atom is 0.224 e. The summed E-state index contributed by atoms with van der Waals surface area (Å²) in [6, 6.07) is 5.82. The zero-order valence-corrected chi connectivity index (χ0v) is 10.9. The van der Waals surface area contributed by atoms with Gasteiger partial charge in [-0.15, -0.1) is 0 Å². The summed E-state index contributed by atoms with van der Waals surface area (Å²) < 4.78 is 0.883. The number of hydrogen-bond donors (Lipinski definition) is 2. The Morgan fingerprint density at radius 2 is 2.19 bits per heavy atom. The Kier molecular flexibility index (Phi) is 5.49. The molecular weight excluding hydrogens is 270 g/mol. The maximum atomic E-state index is 11.5. The number of aliphatic hydroxyl groups excluding tert-OH is 1. The van der Waals surface area contributed by atoms with Crippen molar-refractivity contribution in [3.8, 4) is 0 Å². The van der Waals surface area contributed by atoms with Crippen molar-refractivity contribution in [1.29, 1.82) is 0 Å². The smallest absolute Gasteiger partial charge is 0.224 e. The van der Waals surface area contributed by atoms with Crippen molar-refractivity contribution in [2.45, 2.75) is 26.2 Å². The Morgan fingerprint density at radius 3 is 2.88 bits per heavy atom. The van der Waals surface area contributed by atoms with Gasteiger partial charge in [0.15, 0.2) is 0 Å². The first-order valence-electron chi connectivity index (χ1n) is 5.30. The molecule has 0 saturated heterocycles. The number of hydrogen-bond acceptors (Lipinski definition) is 2. The first-order chi connectivity index (χ1) is 7.63. The summed E-state index contributed by atoms with van der Waals surface area (Å²) in [7, 11) is 0. The van der Waals surface area contributed by atoms with Crippen LogP contribution in [-0.2, 0) is 4.79 Å². The minimum atomic E-state index is -0.0141. The molecule has 0 spiro atoms. The third-order valence-electron chi connectivity index (χ3n) is 2.21. The van der Waals surface area contributed by atoms with E-state index in [-0.39, 0.29) is 12.5 Å². The second-order valence-electron chi connectivity index (χ2n) is 3.71. The van der Waals surface area contributed by atoms with Crippen molar-refractivity contribution < 1.29 is 9.90 Å². The first-order valence-corrected chi connectivity index (χ1v) is 6.09. The van der Waals surface area contributed by atoms with Crippen LogP contribution >= 0.6 is 15.9 Å². The van der Waals surface area contributed by atoms with E-state index in [1.54, 1.807) is 0 Å². The van der Waals surface area contributed by atoms with Gasteiger partial charge in [0.1, 0.15) is 0 Å². The van der Waals surface area contributed by atoms with Crippen LogP contribution in [0.4, 0.5) is 5.69 Å². The first kappa shape index (κ1) is 13.2. The molecule has 0 bridgehead atoms. The van der Waals surface area contributed by atoms with E-state index in [4.69, 9.17) is 5.11 Å². The SMILES string of the molecule is Cc1ccc(Br)c(NC(=O)CCCCO)c1. The number of benzene rings is 1. The van der Waals surface area contributed by atoms with Crippen molar-refractivity contribution >= 4 is 27.5 Å². The van der Waals surface area contributed by atoms with Crippen molar-refractivity contribution in [2.75, 3.05) is 11.9 Å². The second kappa shape index (κ2) is 6.66. The summed E-state index contributed by atoms with van der Waals surface area (Å²) in [6.07, 6.45) is 1.83. The van der Waals surface area contributed by atoms with E-state index in [1.807, 2.05) is 25.1 Å². The number of amides is 1. The molecule has 1 amide bonds. The highest BCUT2D eigenvalue weighted by Gasteiger charge is 2.05. The summed E-state index contributed by atoms with van der Waals surface area (Å²) in [5.74, 6) is -0.0141. The molecule has 0 aliphatic heterocycles. The quantitative estimate of drug-likeness (QED) is 0.818. The molecule has 0 aliphatic carbocycles. The van der Waals surface area contributed by atoms with Gasteiger partial charge in [0.2, 0.25) is 5.91 Å². The van der Waals surface area contributed by atoms with Crippen LogP contribution in [0.2, 0.25) is 0 Å². The van der Waals surface area contributed by atoms with E-state index in [0.717, 1.165) is 15.7 Å². The van der Waals surface area contributed by atoms with E-state index in [0.29, 0.717) is 19.3 Å². The van der Waals surface area contributed by atoms with Gasteiger partial charge in [-0.1, -0.05) is 6.07 Å². The lowest BCUT2D eigenvalue weighted by Crippen LogP contribution is -2.11. The molecule has 0 atom stereocenters.